The SMILES string of the molecule is O=C(Nc1ccc(Cl)c(F)c1)C1CCCNC1. The van der Waals surface area contributed by atoms with E-state index in [4.69, 9.17) is 11.6 Å². The number of carbonyl (C=O) groups excluding carboxylic acids is 1. The van der Waals surface area contributed by atoms with Gasteiger partial charge in [0.25, 0.3) is 0 Å². The maximum Gasteiger partial charge on any atom is 0.228 e. The van der Waals surface area contributed by atoms with Gasteiger partial charge in [-0.3, -0.25) is 4.79 Å². The number of piperidine rings is 1. The number of amides is 1. The average molecular weight is 257 g/mol. The molecule has 1 aliphatic heterocycles. The molecule has 3 nitrogen and oxygen atoms in total. The third kappa shape index (κ3) is 3.17. The molecule has 1 unspecified atom stereocenters. The minimum absolute atomic E-state index is 0.0394. The van der Waals surface area contributed by atoms with E-state index in [1.165, 1.54) is 12.1 Å². The van der Waals surface area contributed by atoms with Crippen molar-refractivity contribution in [1.29, 1.82) is 0 Å². The molecule has 1 aromatic carbocycles. The van der Waals surface area contributed by atoms with E-state index in [0.717, 1.165) is 19.4 Å². The van der Waals surface area contributed by atoms with Crippen LogP contribution in [-0.4, -0.2) is 19.0 Å². The first-order valence-corrected chi connectivity index (χ1v) is 6.01. The lowest BCUT2D eigenvalue weighted by molar-refractivity contribution is -0.120. The number of benzene rings is 1. The van der Waals surface area contributed by atoms with E-state index in [-0.39, 0.29) is 16.8 Å². The van der Waals surface area contributed by atoms with Crippen LogP contribution < -0.4 is 10.6 Å². The van der Waals surface area contributed by atoms with E-state index in [1.54, 1.807) is 6.07 Å². The molecule has 1 aliphatic rings. The van der Waals surface area contributed by atoms with Crippen LogP contribution in [0.2, 0.25) is 5.02 Å². The van der Waals surface area contributed by atoms with Crippen LogP contribution in [0.15, 0.2) is 18.2 Å². The van der Waals surface area contributed by atoms with Crippen molar-refractivity contribution in [1.82, 2.24) is 5.32 Å². The van der Waals surface area contributed by atoms with Crippen LogP contribution in [0, 0.1) is 11.7 Å². The summed E-state index contributed by atoms with van der Waals surface area (Å²) < 4.78 is 13.2. The van der Waals surface area contributed by atoms with Crippen molar-refractivity contribution < 1.29 is 9.18 Å². The van der Waals surface area contributed by atoms with Gasteiger partial charge in [-0.25, -0.2) is 4.39 Å². The monoisotopic (exact) mass is 256 g/mol. The molecule has 0 saturated carbocycles. The maximum atomic E-state index is 13.2. The second kappa shape index (κ2) is 5.47. The third-order valence-corrected chi connectivity index (χ3v) is 3.16. The molecule has 0 aliphatic carbocycles. The van der Waals surface area contributed by atoms with Gasteiger partial charge in [-0.15, -0.1) is 0 Å². The summed E-state index contributed by atoms with van der Waals surface area (Å²) in [5.74, 6) is -0.632. The zero-order valence-corrected chi connectivity index (χ0v) is 10.1. The van der Waals surface area contributed by atoms with E-state index in [9.17, 15) is 9.18 Å². The van der Waals surface area contributed by atoms with Crippen LogP contribution in [-0.2, 0) is 4.79 Å². The second-order valence-corrected chi connectivity index (χ2v) is 4.57. The van der Waals surface area contributed by atoms with Gasteiger partial charge in [-0.1, -0.05) is 11.6 Å². The van der Waals surface area contributed by atoms with E-state index in [0.29, 0.717) is 12.2 Å². The van der Waals surface area contributed by atoms with Crippen molar-refractivity contribution in [2.75, 3.05) is 18.4 Å². The number of hydrogen-bond acceptors (Lipinski definition) is 2. The fraction of sp³-hybridized carbons (Fsp3) is 0.417. The van der Waals surface area contributed by atoms with Gasteiger partial charge in [0.15, 0.2) is 0 Å². The molecule has 1 atom stereocenters. The van der Waals surface area contributed by atoms with Crippen LogP contribution in [0.3, 0.4) is 0 Å². The first-order chi connectivity index (χ1) is 8.16. The number of halogens is 2. The highest BCUT2D eigenvalue weighted by Gasteiger charge is 2.20. The Kier molecular flexibility index (Phi) is 3.97. The van der Waals surface area contributed by atoms with Crippen LogP contribution in [0.5, 0.6) is 0 Å². The molecule has 1 saturated heterocycles. The molecule has 0 aromatic heterocycles. The predicted molar refractivity (Wildman–Crippen MR) is 65.6 cm³/mol. The van der Waals surface area contributed by atoms with Gasteiger partial charge in [0.2, 0.25) is 5.91 Å². The first kappa shape index (κ1) is 12.3. The molecule has 17 heavy (non-hydrogen) atoms. The Hall–Kier alpha value is -1.13. The standard InChI is InChI=1S/C12H14ClFN2O/c13-10-4-3-9(6-11(10)14)16-12(17)8-2-1-5-15-7-8/h3-4,6,8,15H,1-2,5,7H2,(H,16,17). The van der Waals surface area contributed by atoms with Gasteiger partial charge in [0.1, 0.15) is 5.82 Å². The fourth-order valence-electron chi connectivity index (χ4n) is 1.89. The Morgan fingerprint density at radius 3 is 3.00 bits per heavy atom. The molecule has 1 heterocycles. The van der Waals surface area contributed by atoms with Crippen LogP contribution >= 0.6 is 11.6 Å². The lowest BCUT2D eigenvalue weighted by atomic mass is 9.99. The summed E-state index contributed by atoms with van der Waals surface area (Å²) in [5.41, 5.74) is 0.447. The topological polar surface area (TPSA) is 41.1 Å². The molecular weight excluding hydrogens is 243 g/mol. The predicted octanol–water partition coefficient (Wildman–Crippen LogP) is 2.42. The Morgan fingerprint density at radius 1 is 1.53 bits per heavy atom. The van der Waals surface area contributed by atoms with Gasteiger partial charge >= 0.3 is 0 Å². The van der Waals surface area contributed by atoms with Crippen LogP contribution in [0.25, 0.3) is 0 Å². The summed E-state index contributed by atoms with van der Waals surface area (Å²) >= 11 is 5.57. The molecule has 2 N–H and O–H groups in total. The molecule has 92 valence electrons. The van der Waals surface area contributed by atoms with Gasteiger partial charge in [0.05, 0.1) is 10.9 Å². The number of nitrogens with one attached hydrogen (secondary N) is 2. The van der Waals surface area contributed by atoms with Gasteiger partial charge in [0, 0.05) is 12.2 Å². The van der Waals surface area contributed by atoms with Crippen molar-refractivity contribution >= 4 is 23.2 Å². The molecule has 1 fully saturated rings. The molecule has 1 amide bonds. The van der Waals surface area contributed by atoms with E-state index in [1.807, 2.05) is 0 Å². The van der Waals surface area contributed by atoms with E-state index < -0.39 is 5.82 Å². The van der Waals surface area contributed by atoms with E-state index >= 15 is 0 Å². The number of rotatable bonds is 2. The minimum Gasteiger partial charge on any atom is -0.326 e. The summed E-state index contributed by atoms with van der Waals surface area (Å²) in [6.45, 7) is 1.64. The summed E-state index contributed by atoms with van der Waals surface area (Å²) in [6, 6.07) is 4.27. The van der Waals surface area contributed by atoms with E-state index in [2.05, 4.69) is 10.6 Å². The maximum absolute atomic E-state index is 13.2. The smallest absolute Gasteiger partial charge is 0.228 e. The number of anilines is 1. The van der Waals surface area contributed by atoms with Gasteiger partial charge in [-0.2, -0.15) is 0 Å². The second-order valence-electron chi connectivity index (χ2n) is 4.16. The summed E-state index contributed by atoms with van der Waals surface area (Å²) in [4.78, 5) is 11.9. The quantitative estimate of drug-likeness (QED) is 0.853. The normalized spacial score (nSPS) is 20.0. The average Bonchev–Trinajstić information content (AvgIpc) is 2.35. The Labute approximate surface area is 104 Å². The summed E-state index contributed by atoms with van der Waals surface area (Å²) in [5, 5.41) is 5.93. The zero-order chi connectivity index (χ0) is 12.3. The lowest BCUT2D eigenvalue weighted by Crippen LogP contribution is -2.37. The fourth-order valence-corrected chi connectivity index (χ4v) is 2.01. The summed E-state index contributed by atoms with van der Waals surface area (Å²) in [7, 11) is 0. The molecule has 5 heteroatoms. The first-order valence-electron chi connectivity index (χ1n) is 5.63. The summed E-state index contributed by atoms with van der Waals surface area (Å²) in [6.07, 6.45) is 1.86. The molecule has 2 rings (SSSR count). The molecule has 0 bridgehead atoms. The van der Waals surface area contributed by atoms with Crippen LogP contribution in [0.1, 0.15) is 12.8 Å². The lowest BCUT2D eigenvalue weighted by Gasteiger charge is -2.21. The Bertz CT molecular complexity index is 419. The zero-order valence-electron chi connectivity index (χ0n) is 9.30. The van der Waals surface area contributed by atoms with Crippen molar-refractivity contribution in [2.45, 2.75) is 12.8 Å². The van der Waals surface area contributed by atoms with Crippen molar-refractivity contribution in [3.05, 3.63) is 29.0 Å². The minimum atomic E-state index is -0.522. The molecular formula is C12H14ClFN2O. The van der Waals surface area contributed by atoms with Crippen molar-refractivity contribution in [3.63, 3.8) is 0 Å². The Balaban J connectivity index is 1.99. The highest BCUT2D eigenvalue weighted by Crippen LogP contribution is 2.20. The van der Waals surface area contributed by atoms with Gasteiger partial charge < -0.3 is 10.6 Å². The largest absolute Gasteiger partial charge is 0.326 e. The highest BCUT2D eigenvalue weighted by atomic mass is 35.5. The highest BCUT2D eigenvalue weighted by molar-refractivity contribution is 6.30. The van der Waals surface area contributed by atoms with Crippen molar-refractivity contribution in [3.8, 4) is 0 Å². The number of hydrogen-bond donors (Lipinski definition) is 2. The molecule has 0 spiro atoms. The number of carbonyl (C=O) groups is 1. The third-order valence-electron chi connectivity index (χ3n) is 2.85. The van der Waals surface area contributed by atoms with Gasteiger partial charge in [-0.05, 0) is 37.6 Å². The molecule has 0 radical (unpaired) electrons. The van der Waals surface area contributed by atoms with Crippen LogP contribution in [0.4, 0.5) is 10.1 Å². The van der Waals surface area contributed by atoms with Crippen molar-refractivity contribution in [2.24, 2.45) is 5.92 Å². The Morgan fingerprint density at radius 2 is 2.35 bits per heavy atom. The molecule has 1 aromatic rings.